The molecular formula is C49H76N6O9. The summed E-state index contributed by atoms with van der Waals surface area (Å²) in [5.41, 5.74) is 1.93. The number of unbranched alkanes of at least 4 members (excludes halogenated alkanes) is 6. The molecule has 2 aromatic rings. The molecular weight excluding hydrogens is 817 g/mol. The molecule has 4 amide bonds. The molecule has 0 bridgehead atoms. The Morgan fingerprint density at radius 1 is 0.625 bits per heavy atom. The summed E-state index contributed by atoms with van der Waals surface area (Å²) >= 11 is 0. The molecule has 2 aromatic carbocycles. The van der Waals surface area contributed by atoms with Gasteiger partial charge in [0.1, 0.15) is 30.8 Å². The zero-order valence-electron chi connectivity index (χ0n) is 38.9. The first kappa shape index (κ1) is 50.2. The van der Waals surface area contributed by atoms with E-state index in [1.54, 1.807) is 0 Å². The molecule has 6 unspecified atom stereocenters. The highest BCUT2D eigenvalue weighted by Crippen LogP contribution is 2.34. The summed E-state index contributed by atoms with van der Waals surface area (Å²) in [7, 11) is 0. The summed E-state index contributed by atoms with van der Waals surface area (Å²) in [4.78, 5) is 52.3. The normalized spacial score (nSPS) is 20.2. The number of alkyl carbamates (subject to hydrolysis) is 3. The Bertz CT molecular complexity index is 1690. The summed E-state index contributed by atoms with van der Waals surface area (Å²) in [6.07, 6.45) is 11.5. The van der Waals surface area contributed by atoms with Crippen LogP contribution >= 0.6 is 0 Å². The van der Waals surface area contributed by atoms with E-state index in [0.717, 1.165) is 101 Å². The molecule has 15 heteroatoms. The van der Waals surface area contributed by atoms with Crippen molar-refractivity contribution in [3.05, 3.63) is 59.7 Å². The third-order valence-corrected chi connectivity index (χ3v) is 12.5. The van der Waals surface area contributed by atoms with Crippen LogP contribution in [0.1, 0.15) is 122 Å². The Balaban J connectivity index is 0.993. The number of hydrogen-bond acceptors (Lipinski definition) is 11. The number of nitrogens with zero attached hydrogens (tertiary/aromatic N) is 2. The van der Waals surface area contributed by atoms with Gasteiger partial charge in [-0.2, -0.15) is 0 Å². The van der Waals surface area contributed by atoms with Crippen molar-refractivity contribution in [2.45, 2.75) is 147 Å². The summed E-state index contributed by atoms with van der Waals surface area (Å²) < 4.78 is 29.4. The maximum Gasteiger partial charge on any atom is 0.407 e. The molecule has 0 spiro atoms. The molecule has 64 heavy (non-hydrogen) atoms. The molecule has 0 aromatic heterocycles. The lowest BCUT2D eigenvalue weighted by Gasteiger charge is -2.27. The predicted octanol–water partition coefficient (Wildman–Crippen LogP) is 7.29. The number of benzene rings is 2. The fraction of sp³-hybridized carbons (Fsp3) is 0.673. The maximum atomic E-state index is 12.8. The van der Waals surface area contributed by atoms with E-state index < -0.39 is 24.4 Å². The first-order valence-electron chi connectivity index (χ1n) is 24.0. The van der Waals surface area contributed by atoms with Gasteiger partial charge in [-0.05, 0) is 101 Å². The summed E-state index contributed by atoms with van der Waals surface area (Å²) in [6, 6.07) is 17.1. The SMILES string of the molecule is CC1CN1CC(COc1ccc(C(C)(C)c2ccc(OCC(CN3CC3C)OC(=O)NCCCCCCNC(=O)OC3CCCCC3)cc2)cc1)OC(=O)NCCCCCCNC=O. The average molecular weight is 893 g/mol. The van der Waals surface area contributed by atoms with E-state index in [1.165, 1.54) is 6.42 Å². The van der Waals surface area contributed by atoms with Gasteiger partial charge in [0.2, 0.25) is 6.41 Å². The van der Waals surface area contributed by atoms with Crippen LogP contribution in [0.25, 0.3) is 0 Å². The first-order valence-corrected chi connectivity index (χ1v) is 24.0. The van der Waals surface area contributed by atoms with E-state index in [-0.39, 0.29) is 30.8 Å². The molecule has 2 saturated heterocycles. The summed E-state index contributed by atoms with van der Waals surface area (Å²) in [5.74, 6) is 1.41. The molecule has 0 radical (unpaired) electrons. The van der Waals surface area contributed by atoms with E-state index in [2.05, 4.69) is 83.0 Å². The number of hydrogen-bond donors (Lipinski definition) is 4. The van der Waals surface area contributed by atoms with Gasteiger partial charge in [0.25, 0.3) is 0 Å². The number of carbonyl (C=O) groups excluding carboxylic acids is 4. The summed E-state index contributed by atoms with van der Waals surface area (Å²) in [6.45, 7) is 14.7. The second-order valence-electron chi connectivity index (χ2n) is 18.3. The second kappa shape index (κ2) is 26.9. The highest BCUT2D eigenvalue weighted by atomic mass is 16.6. The molecule has 2 heterocycles. The topological polar surface area (TPSA) is 169 Å². The van der Waals surface area contributed by atoms with Crippen LogP contribution in [0.5, 0.6) is 11.5 Å². The minimum atomic E-state index is -0.439. The van der Waals surface area contributed by atoms with E-state index in [1.807, 2.05) is 24.3 Å². The van der Waals surface area contributed by atoms with E-state index in [9.17, 15) is 19.2 Å². The van der Waals surface area contributed by atoms with Crippen LogP contribution in [0, 0.1) is 0 Å². The molecule has 356 valence electrons. The molecule has 1 saturated carbocycles. The minimum Gasteiger partial charge on any atom is -0.490 e. The Labute approximate surface area is 381 Å². The van der Waals surface area contributed by atoms with Crippen LogP contribution < -0.4 is 30.7 Å². The van der Waals surface area contributed by atoms with Crippen molar-refractivity contribution < 1.29 is 42.9 Å². The number of ether oxygens (including phenoxy) is 5. The third-order valence-electron chi connectivity index (χ3n) is 12.5. The second-order valence-corrected chi connectivity index (χ2v) is 18.3. The fourth-order valence-electron chi connectivity index (χ4n) is 8.05. The maximum absolute atomic E-state index is 12.8. The standard InChI is InChI=1S/C49H76N6O9/c1-37-30-54(37)32-44(63-47(58)52-28-13-6-5-12-26-50-36-56)34-60-41-22-18-39(19-23-41)49(3,4)40-20-24-42(25-21-40)61-35-45(33-55-31-38(55)2)64-48(59)53-29-15-8-7-14-27-51-46(57)62-43-16-10-9-11-17-43/h18-25,36-38,43-45H,5-17,26-35H2,1-4H3,(H,50,56)(H,51,57)(H,52,58)(H,53,59). The van der Waals surface area contributed by atoms with Gasteiger partial charge in [-0.25, -0.2) is 14.4 Å². The molecule has 3 aliphatic rings. The predicted molar refractivity (Wildman–Crippen MR) is 247 cm³/mol. The van der Waals surface area contributed by atoms with Gasteiger partial charge in [0.05, 0.1) is 0 Å². The highest BCUT2D eigenvalue weighted by molar-refractivity contribution is 5.68. The van der Waals surface area contributed by atoms with Crippen LogP contribution in [0.15, 0.2) is 48.5 Å². The van der Waals surface area contributed by atoms with Gasteiger partial charge in [0, 0.05) is 69.9 Å². The van der Waals surface area contributed by atoms with Crippen molar-refractivity contribution in [3.63, 3.8) is 0 Å². The Kier molecular flexibility index (Phi) is 21.1. The van der Waals surface area contributed by atoms with Gasteiger partial charge >= 0.3 is 18.3 Å². The quantitative estimate of drug-likeness (QED) is 0.0269. The zero-order chi connectivity index (χ0) is 45.6. The van der Waals surface area contributed by atoms with Crippen LogP contribution in [0.3, 0.4) is 0 Å². The van der Waals surface area contributed by atoms with Crippen molar-refractivity contribution in [2.75, 3.05) is 65.6 Å². The van der Waals surface area contributed by atoms with Crippen LogP contribution in [-0.2, 0) is 24.4 Å². The van der Waals surface area contributed by atoms with E-state index in [0.29, 0.717) is 69.3 Å². The Morgan fingerprint density at radius 2 is 1.03 bits per heavy atom. The monoisotopic (exact) mass is 893 g/mol. The molecule has 15 nitrogen and oxygen atoms in total. The van der Waals surface area contributed by atoms with Crippen molar-refractivity contribution >= 4 is 24.7 Å². The minimum absolute atomic E-state index is 0.0629. The largest absolute Gasteiger partial charge is 0.490 e. The molecule has 2 aliphatic heterocycles. The lowest BCUT2D eigenvalue weighted by Crippen LogP contribution is -2.36. The average Bonchev–Trinajstić information content (AvgIpc) is 4.20. The van der Waals surface area contributed by atoms with Gasteiger partial charge in [-0.15, -0.1) is 0 Å². The van der Waals surface area contributed by atoms with Gasteiger partial charge in [0.15, 0.2) is 12.2 Å². The van der Waals surface area contributed by atoms with Crippen molar-refractivity contribution in [1.29, 1.82) is 0 Å². The van der Waals surface area contributed by atoms with Crippen LogP contribution in [0.4, 0.5) is 14.4 Å². The molecule has 3 fully saturated rings. The number of rotatable bonds is 30. The van der Waals surface area contributed by atoms with Crippen LogP contribution in [0.2, 0.25) is 0 Å². The van der Waals surface area contributed by atoms with Crippen molar-refractivity contribution in [1.82, 2.24) is 31.1 Å². The summed E-state index contributed by atoms with van der Waals surface area (Å²) in [5, 5.41) is 11.3. The third kappa shape index (κ3) is 18.8. The highest BCUT2D eigenvalue weighted by Gasteiger charge is 2.34. The Morgan fingerprint density at radius 3 is 1.44 bits per heavy atom. The number of amides is 4. The van der Waals surface area contributed by atoms with Gasteiger partial charge in [-0.3, -0.25) is 14.6 Å². The molecule has 4 N–H and O–H groups in total. The van der Waals surface area contributed by atoms with Crippen LogP contribution in [-0.4, -0.2) is 130 Å². The van der Waals surface area contributed by atoms with E-state index >= 15 is 0 Å². The molecule has 5 rings (SSSR count). The number of nitrogens with one attached hydrogen (secondary N) is 4. The fourth-order valence-corrected chi connectivity index (χ4v) is 8.05. The van der Waals surface area contributed by atoms with Gasteiger partial charge < -0.3 is 45.0 Å². The van der Waals surface area contributed by atoms with Gasteiger partial charge in [-0.1, -0.05) is 70.2 Å². The van der Waals surface area contributed by atoms with Crippen molar-refractivity contribution in [3.8, 4) is 11.5 Å². The van der Waals surface area contributed by atoms with Crippen molar-refractivity contribution in [2.24, 2.45) is 0 Å². The molecule has 1 aliphatic carbocycles. The van der Waals surface area contributed by atoms with E-state index in [4.69, 9.17) is 23.7 Å². The molecule has 6 atom stereocenters. The lowest BCUT2D eigenvalue weighted by molar-refractivity contribution is -0.109. The first-order chi connectivity index (χ1) is 31.0. The zero-order valence-corrected chi connectivity index (χ0v) is 38.9. The number of carbonyl (C=O) groups is 4. The lowest BCUT2D eigenvalue weighted by atomic mass is 9.78. The Hall–Kier alpha value is -4.76. The smallest absolute Gasteiger partial charge is 0.407 e.